The number of hydrogen-bond donors (Lipinski definition) is 3. The van der Waals surface area contributed by atoms with E-state index >= 15 is 0 Å². The number of carboxylic acid groups (broad SMARTS) is 1. The number of H-pyrrole nitrogens is 1. The Balaban J connectivity index is 0.000000238. The third kappa shape index (κ3) is 8.65. The number of benzene rings is 1. The fourth-order valence-electron chi connectivity index (χ4n) is 6.24. The SMILES string of the molecule is CCC1CCN(C(=O)[C@@H](NC(=O)O)C(C)(C)C)C1[C-]=O.COc1ccc2nc(C3(CCCCC4CC4)CC3)c(=O)[nH]c2c1.[V]. The van der Waals surface area contributed by atoms with Gasteiger partial charge < -0.3 is 29.8 Å². The second-order valence-corrected chi connectivity index (χ2v) is 13.6. The Morgan fingerprint density at radius 2 is 1.93 bits per heavy atom. The van der Waals surface area contributed by atoms with Gasteiger partial charge >= 0.3 is 6.09 Å². The number of unbranched alkanes of at least 4 members (excludes halogenated alkanes) is 1. The summed E-state index contributed by atoms with van der Waals surface area (Å²) in [5.41, 5.74) is 1.82. The first-order valence-corrected chi connectivity index (χ1v) is 15.7. The molecule has 1 saturated heterocycles. The van der Waals surface area contributed by atoms with Gasteiger partial charge in [-0.2, -0.15) is 0 Å². The maximum Gasteiger partial charge on any atom is 0.405 e. The van der Waals surface area contributed by atoms with E-state index in [2.05, 4.69) is 10.3 Å². The van der Waals surface area contributed by atoms with Gasteiger partial charge in [-0.05, 0) is 55.1 Å². The fraction of sp³-hybridized carbons (Fsp3) is 0.667. The molecule has 1 aromatic heterocycles. The molecule has 2 unspecified atom stereocenters. The Bertz CT molecular complexity index is 1360. The topological polar surface area (TPSA) is 142 Å². The molecule has 3 atom stereocenters. The summed E-state index contributed by atoms with van der Waals surface area (Å²) >= 11 is 0. The molecule has 0 bridgehead atoms. The van der Waals surface area contributed by atoms with Crippen LogP contribution in [0.15, 0.2) is 23.0 Å². The number of rotatable bonds is 11. The number of likely N-dealkylation sites (tertiary alicyclic amines) is 1. The zero-order chi connectivity index (χ0) is 31.4. The van der Waals surface area contributed by atoms with Crippen molar-refractivity contribution in [1.82, 2.24) is 20.2 Å². The van der Waals surface area contributed by atoms with Gasteiger partial charge in [-0.25, -0.2) is 16.1 Å². The van der Waals surface area contributed by atoms with Gasteiger partial charge in [-0.1, -0.05) is 72.3 Å². The normalized spacial score (nSPS) is 21.0. The van der Waals surface area contributed by atoms with E-state index in [0.717, 1.165) is 60.5 Å². The number of carbonyl (C=O) groups excluding carboxylic acids is 2. The predicted octanol–water partition coefficient (Wildman–Crippen LogP) is 5.34. The number of aromatic nitrogens is 2. The average Bonchev–Trinajstić information content (AvgIpc) is 3.90. The summed E-state index contributed by atoms with van der Waals surface area (Å²) in [5.74, 6) is 1.51. The summed E-state index contributed by atoms with van der Waals surface area (Å²) in [4.78, 5) is 56.3. The first-order chi connectivity index (χ1) is 20.4. The minimum atomic E-state index is -1.24. The van der Waals surface area contributed by atoms with E-state index < -0.39 is 23.6 Å². The number of hydrogen-bond acceptors (Lipinski definition) is 6. The first kappa shape index (κ1) is 35.6. The van der Waals surface area contributed by atoms with Gasteiger partial charge in [0, 0.05) is 36.6 Å². The summed E-state index contributed by atoms with van der Waals surface area (Å²) in [6, 6.07) is 4.23. The molecule has 11 heteroatoms. The van der Waals surface area contributed by atoms with Crippen molar-refractivity contribution < 1.29 is 42.8 Å². The summed E-state index contributed by atoms with van der Waals surface area (Å²) in [6.45, 7) is 7.82. The smallest absolute Gasteiger partial charge is 0.405 e. The van der Waals surface area contributed by atoms with Crippen molar-refractivity contribution in [2.24, 2.45) is 17.3 Å². The number of aromatic amines is 1. The molecular weight excluding hydrogens is 599 g/mol. The molecule has 2 heterocycles. The number of ether oxygens (including phenoxy) is 1. The van der Waals surface area contributed by atoms with Crippen LogP contribution in [0, 0.1) is 17.3 Å². The van der Waals surface area contributed by atoms with Gasteiger partial charge in [-0.3, -0.25) is 9.59 Å². The molecule has 1 radical (unpaired) electrons. The molecule has 1 aliphatic heterocycles. The molecule has 2 saturated carbocycles. The Labute approximate surface area is 272 Å². The van der Waals surface area contributed by atoms with Crippen LogP contribution >= 0.6 is 0 Å². The molecule has 1 aromatic carbocycles. The molecule has 3 fully saturated rings. The van der Waals surface area contributed by atoms with E-state index in [1.165, 1.54) is 37.0 Å². The Kier molecular flexibility index (Phi) is 12.1. The first-order valence-electron chi connectivity index (χ1n) is 15.7. The number of fused-ring (bicyclic) bond motifs is 1. The number of nitrogens with one attached hydrogen (secondary N) is 2. The quantitative estimate of drug-likeness (QED) is 0.221. The second-order valence-electron chi connectivity index (χ2n) is 13.6. The monoisotopic (exact) mass is 646 g/mol. The number of methoxy groups -OCH3 is 1. The van der Waals surface area contributed by atoms with Crippen molar-refractivity contribution in [3.8, 4) is 5.75 Å². The summed E-state index contributed by atoms with van der Waals surface area (Å²) in [6.07, 6.45) is 12.3. The average molecular weight is 647 g/mol. The van der Waals surface area contributed by atoms with E-state index in [1.807, 2.05) is 31.4 Å². The van der Waals surface area contributed by atoms with Crippen LogP contribution in [0.25, 0.3) is 11.0 Å². The zero-order valence-corrected chi connectivity index (χ0v) is 28.0. The van der Waals surface area contributed by atoms with Crippen LogP contribution < -0.4 is 15.6 Å². The molecule has 2 aliphatic carbocycles. The van der Waals surface area contributed by atoms with Crippen molar-refractivity contribution in [3.63, 3.8) is 0 Å². The van der Waals surface area contributed by atoms with Gasteiger partial charge in [0.1, 0.15) is 17.5 Å². The number of carbonyl (C=O) groups is 2. The Morgan fingerprint density at radius 1 is 1.23 bits per heavy atom. The summed E-state index contributed by atoms with van der Waals surface area (Å²) in [7, 11) is 1.63. The van der Waals surface area contributed by atoms with Gasteiger partial charge in [0.2, 0.25) is 5.91 Å². The van der Waals surface area contributed by atoms with E-state index in [-0.39, 0.29) is 41.4 Å². The largest absolute Gasteiger partial charge is 0.540 e. The van der Waals surface area contributed by atoms with Crippen LogP contribution in [0.4, 0.5) is 4.79 Å². The minimum absolute atomic E-state index is 0. The van der Waals surface area contributed by atoms with Gasteiger partial charge in [-0.15, -0.1) is 0 Å². The maximum atomic E-state index is 12.6. The van der Waals surface area contributed by atoms with E-state index in [9.17, 15) is 19.2 Å². The van der Waals surface area contributed by atoms with E-state index in [1.54, 1.807) is 27.9 Å². The van der Waals surface area contributed by atoms with E-state index in [4.69, 9.17) is 14.8 Å². The number of nitrogens with zero attached hydrogens (tertiary/aromatic N) is 2. The molecule has 0 spiro atoms. The molecular formula is C33H47N4O6V-. The van der Waals surface area contributed by atoms with Crippen molar-refractivity contribution in [2.45, 2.75) is 109 Å². The fourth-order valence-corrected chi connectivity index (χ4v) is 6.24. The molecule has 44 heavy (non-hydrogen) atoms. The maximum absolute atomic E-state index is 12.6. The third-order valence-electron chi connectivity index (χ3n) is 9.30. The van der Waals surface area contributed by atoms with Crippen molar-refractivity contribution in [2.75, 3.05) is 13.7 Å². The standard InChI is InChI=1S/C19H24N2O2.C14H23N2O4.V/c1-23-14-7-8-15-16(12-14)21-18(22)17(20-15)19(10-11-19)9-3-2-4-13-5-6-13;1-5-9-6-7-16(10(9)8-17)12(18)11(14(2,3)4)15-13(19)20;/h7-8,12-13H,2-6,9-11H2,1H3,(H,21,22);9-11,15H,5-7H2,1-4H3,(H,19,20);/q;-1;/t;9?,10?,11-;/m.1./s1. The van der Waals surface area contributed by atoms with Crippen LogP contribution in [-0.2, 0) is 33.6 Å². The van der Waals surface area contributed by atoms with Crippen LogP contribution in [0.1, 0.15) is 97.6 Å². The molecule has 5 rings (SSSR count). The van der Waals surface area contributed by atoms with Crippen molar-refractivity contribution in [3.05, 3.63) is 34.2 Å². The van der Waals surface area contributed by atoms with E-state index in [0.29, 0.717) is 6.54 Å². The third-order valence-corrected chi connectivity index (χ3v) is 9.30. The van der Waals surface area contributed by atoms with Crippen molar-refractivity contribution in [1.29, 1.82) is 0 Å². The molecule has 10 nitrogen and oxygen atoms in total. The number of amides is 2. The molecule has 241 valence electrons. The van der Waals surface area contributed by atoms with Gasteiger partial charge in [0.15, 0.2) is 0 Å². The summed E-state index contributed by atoms with van der Waals surface area (Å²) in [5, 5.41) is 11.2. The zero-order valence-electron chi connectivity index (χ0n) is 26.6. The summed E-state index contributed by atoms with van der Waals surface area (Å²) < 4.78 is 5.21. The predicted molar refractivity (Wildman–Crippen MR) is 165 cm³/mol. The van der Waals surface area contributed by atoms with Gasteiger partial charge in [0.25, 0.3) is 5.56 Å². The van der Waals surface area contributed by atoms with Crippen LogP contribution in [-0.4, -0.2) is 64.0 Å². The minimum Gasteiger partial charge on any atom is -0.540 e. The molecule has 3 aliphatic rings. The molecule has 3 N–H and O–H groups in total. The Hall–Kier alpha value is -2.85. The Morgan fingerprint density at radius 3 is 2.48 bits per heavy atom. The van der Waals surface area contributed by atoms with Crippen LogP contribution in [0.2, 0.25) is 0 Å². The van der Waals surface area contributed by atoms with Crippen LogP contribution in [0.3, 0.4) is 0 Å². The van der Waals surface area contributed by atoms with Gasteiger partial charge in [0.05, 0.1) is 18.1 Å². The van der Waals surface area contributed by atoms with Crippen LogP contribution in [0.5, 0.6) is 5.75 Å². The van der Waals surface area contributed by atoms with Crippen molar-refractivity contribution >= 4 is 29.3 Å². The molecule has 2 amide bonds. The molecule has 2 aromatic rings. The second kappa shape index (κ2) is 15.0.